The van der Waals surface area contributed by atoms with E-state index in [0.717, 1.165) is 31.3 Å². The minimum atomic E-state index is -0.629. The predicted octanol–water partition coefficient (Wildman–Crippen LogP) is 2.78. The molecule has 0 aromatic heterocycles. The largest absolute Gasteiger partial charge is 0.458 e. The first-order chi connectivity index (χ1) is 12.9. The number of hydrogen-bond donors (Lipinski definition) is 0. The summed E-state index contributed by atoms with van der Waals surface area (Å²) in [6.45, 7) is 5.79. The van der Waals surface area contributed by atoms with Crippen molar-refractivity contribution in [1.82, 2.24) is 0 Å². The maximum Gasteiger partial charge on any atom is 0.334 e. The first-order valence-electron chi connectivity index (χ1n) is 9.61. The van der Waals surface area contributed by atoms with Gasteiger partial charge >= 0.3 is 17.9 Å². The molecule has 4 aliphatic rings. The van der Waals surface area contributed by atoms with Gasteiger partial charge in [0.05, 0.1) is 11.8 Å². The zero-order chi connectivity index (χ0) is 19.1. The number of hydrogen-bond acceptors (Lipinski definition) is 6. The topological polar surface area (TPSA) is 78.9 Å². The van der Waals surface area contributed by atoms with Crippen molar-refractivity contribution in [3.05, 3.63) is 35.5 Å². The van der Waals surface area contributed by atoms with Crippen molar-refractivity contribution < 1.29 is 28.6 Å². The molecule has 2 bridgehead atoms. The van der Waals surface area contributed by atoms with Crippen molar-refractivity contribution in [2.24, 2.45) is 11.8 Å². The summed E-state index contributed by atoms with van der Waals surface area (Å²) in [6.07, 6.45) is 6.66. The third kappa shape index (κ3) is 3.45. The number of ether oxygens (including phenoxy) is 3. The molecule has 1 saturated heterocycles. The number of rotatable bonds is 2. The molecule has 144 valence electrons. The van der Waals surface area contributed by atoms with Crippen LogP contribution in [0.4, 0.5) is 0 Å². The Hall–Kier alpha value is -2.37. The lowest BCUT2D eigenvalue weighted by molar-refractivity contribution is -0.154. The predicted molar refractivity (Wildman–Crippen MR) is 95.3 cm³/mol. The van der Waals surface area contributed by atoms with E-state index in [2.05, 4.69) is 6.58 Å². The second kappa shape index (κ2) is 6.98. The molecule has 4 atom stereocenters. The SMILES string of the molecule is C=C1C(=O)O[C@H]2CC3=C[C@@H](C/C(C)=C/[C@@H](OC(=O)C4CCCC4)[C@H]12)OC3=O. The quantitative estimate of drug-likeness (QED) is 0.321. The summed E-state index contributed by atoms with van der Waals surface area (Å²) in [7, 11) is 0. The molecular weight excluding hydrogens is 348 g/mol. The highest BCUT2D eigenvalue weighted by Crippen LogP contribution is 2.39. The van der Waals surface area contributed by atoms with Gasteiger partial charge in [-0.15, -0.1) is 0 Å². The van der Waals surface area contributed by atoms with E-state index >= 15 is 0 Å². The molecule has 2 aliphatic heterocycles. The summed E-state index contributed by atoms with van der Waals surface area (Å²) in [5.41, 5.74) is 1.73. The lowest BCUT2D eigenvalue weighted by Crippen LogP contribution is -2.34. The Balaban J connectivity index is 1.65. The van der Waals surface area contributed by atoms with Crippen molar-refractivity contribution in [2.45, 2.75) is 63.8 Å². The summed E-state index contributed by atoms with van der Waals surface area (Å²) >= 11 is 0. The fourth-order valence-electron chi connectivity index (χ4n) is 4.50. The molecule has 0 N–H and O–H groups in total. The summed E-state index contributed by atoms with van der Waals surface area (Å²) in [4.78, 5) is 36.9. The van der Waals surface area contributed by atoms with Crippen LogP contribution in [0.25, 0.3) is 0 Å². The van der Waals surface area contributed by atoms with Gasteiger partial charge in [-0.25, -0.2) is 9.59 Å². The Labute approximate surface area is 158 Å². The molecular formula is C21H24O6. The Morgan fingerprint density at radius 3 is 2.59 bits per heavy atom. The second-order valence-electron chi connectivity index (χ2n) is 7.93. The standard InChI is InChI=1S/C21H24O6/c1-11-7-15-9-14(21(24)25-15)10-17-18(12(2)19(22)26-17)16(8-11)27-20(23)13-5-3-4-6-13/h8-9,13,15-18H,2-7,10H2,1H3/b11-8+/t15-,16-,17+,18+/m1/s1. The average Bonchev–Trinajstić information content (AvgIpc) is 3.30. The van der Waals surface area contributed by atoms with Gasteiger partial charge in [-0.1, -0.05) is 25.0 Å². The van der Waals surface area contributed by atoms with Crippen LogP contribution in [-0.4, -0.2) is 36.2 Å². The van der Waals surface area contributed by atoms with E-state index in [-0.39, 0.29) is 36.0 Å². The van der Waals surface area contributed by atoms with Crippen LogP contribution >= 0.6 is 0 Å². The normalized spacial score (nSPS) is 35.7. The fourth-order valence-corrected chi connectivity index (χ4v) is 4.50. The van der Waals surface area contributed by atoms with Crippen LogP contribution in [0.15, 0.2) is 35.5 Å². The Bertz CT molecular complexity index is 755. The highest BCUT2D eigenvalue weighted by Gasteiger charge is 2.47. The first-order valence-corrected chi connectivity index (χ1v) is 9.61. The van der Waals surface area contributed by atoms with E-state index in [9.17, 15) is 14.4 Å². The van der Waals surface area contributed by atoms with Crippen LogP contribution in [0.5, 0.6) is 0 Å². The van der Waals surface area contributed by atoms with E-state index in [0.29, 0.717) is 12.0 Å². The van der Waals surface area contributed by atoms with Crippen molar-refractivity contribution in [1.29, 1.82) is 0 Å². The third-order valence-corrected chi connectivity index (χ3v) is 5.92. The maximum absolute atomic E-state index is 12.6. The number of carbonyl (C=O) groups is 3. The van der Waals surface area contributed by atoms with Crippen molar-refractivity contribution in [3.8, 4) is 0 Å². The monoisotopic (exact) mass is 372 g/mol. The highest BCUT2D eigenvalue weighted by atomic mass is 16.6. The summed E-state index contributed by atoms with van der Waals surface area (Å²) in [5.74, 6) is -1.67. The molecule has 0 amide bonds. The zero-order valence-electron chi connectivity index (χ0n) is 15.4. The van der Waals surface area contributed by atoms with E-state index in [1.807, 2.05) is 13.0 Å². The van der Waals surface area contributed by atoms with E-state index in [1.165, 1.54) is 0 Å². The molecule has 0 aromatic rings. The van der Waals surface area contributed by atoms with Crippen LogP contribution in [0.3, 0.4) is 0 Å². The fraction of sp³-hybridized carbons (Fsp3) is 0.571. The molecule has 2 heterocycles. The molecule has 0 spiro atoms. The number of fused-ring (bicyclic) bond motifs is 2. The minimum Gasteiger partial charge on any atom is -0.458 e. The van der Waals surface area contributed by atoms with Gasteiger partial charge in [0.1, 0.15) is 18.3 Å². The van der Waals surface area contributed by atoms with Gasteiger partial charge < -0.3 is 14.2 Å². The molecule has 0 aromatic carbocycles. The second-order valence-corrected chi connectivity index (χ2v) is 7.93. The Morgan fingerprint density at radius 2 is 1.85 bits per heavy atom. The number of esters is 3. The van der Waals surface area contributed by atoms with Crippen molar-refractivity contribution in [3.63, 3.8) is 0 Å². The molecule has 6 nitrogen and oxygen atoms in total. The van der Waals surface area contributed by atoms with Crippen LogP contribution < -0.4 is 0 Å². The van der Waals surface area contributed by atoms with Crippen molar-refractivity contribution in [2.75, 3.05) is 0 Å². The van der Waals surface area contributed by atoms with Gasteiger partial charge in [-0.2, -0.15) is 0 Å². The third-order valence-electron chi connectivity index (χ3n) is 5.92. The molecule has 2 aliphatic carbocycles. The van der Waals surface area contributed by atoms with Crippen LogP contribution in [0.1, 0.15) is 45.4 Å². The highest BCUT2D eigenvalue weighted by molar-refractivity contribution is 5.93. The van der Waals surface area contributed by atoms with E-state index in [1.54, 1.807) is 6.08 Å². The molecule has 1 saturated carbocycles. The van der Waals surface area contributed by atoms with Gasteiger partial charge in [0.25, 0.3) is 0 Å². The smallest absolute Gasteiger partial charge is 0.334 e. The minimum absolute atomic E-state index is 0.0809. The van der Waals surface area contributed by atoms with E-state index in [4.69, 9.17) is 14.2 Å². The molecule has 6 heteroatoms. The Morgan fingerprint density at radius 1 is 1.11 bits per heavy atom. The molecule has 27 heavy (non-hydrogen) atoms. The van der Waals surface area contributed by atoms with Crippen molar-refractivity contribution >= 4 is 17.9 Å². The van der Waals surface area contributed by atoms with Gasteiger partial charge in [0.15, 0.2) is 0 Å². The zero-order valence-corrected chi connectivity index (χ0v) is 15.4. The van der Waals surface area contributed by atoms with Gasteiger partial charge in [0, 0.05) is 24.0 Å². The summed E-state index contributed by atoms with van der Waals surface area (Å²) in [5, 5.41) is 0. The lowest BCUT2D eigenvalue weighted by Gasteiger charge is -2.27. The van der Waals surface area contributed by atoms with E-state index < -0.39 is 24.1 Å². The number of carbonyl (C=O) groups excluding carboxylic acids is 3. The van der Waals surface area contributed by atoms with Gasteiger partial charge in [-0.05, 0) is 31.9 Å². The van der Waals surface area contributed by atoms with Crippen LogP contribution in [-0.2, 0) is 28.6 Å². The van der Waals surface area contributed by atoms with Gasteiger partial charge in [-0.3, -0.25) is 4.79 Å². The van der Waals surface area contributed by atoms with Crippen LogP contribution in [0, 0.1) is 11.8 Å². The first kappa shape index (κ1) is 18.0. The average molecular weight is 372 g/mol. The van der Waals surface area contributed by atoms with Gasteiger partial charge in [0.2, 0.25) is 0 Å². The molecule has 0 unspecified atom stereocenters. The molecule has 4 rings (SSSR count). The van der Waals surface area contributed by atoms with Crippen LogP contribution in [0.2, 0.25) is 0 Å². The Kier molecular flexibility index (Phi) is 4.66. The molecule has 0 radical (unpaired) electrons. The summed E-state index contributed by atoms with van der Waals surface area (Å²) in [6, 6.07) is 0. The maximum atomic E-state index is 12.6. The summed E-state index contributed by atoms with van der Waals surface area (Å²) < 4.78 is 16.7. The lowest BCUT2D eigenvalue weighted by atomic mass is 9.85. The molecule has 2 fully saturated rings.